The number of rotatable bonds is 5. The molecule has 1 aromatic rings. The number of nitrogens with one attached hydrogen (secondary N) is 1. The molecule has 0 saturated heterocycles. The second kappa shape index (κ2) is 5.87. The van der Waals surface area contributed by atoms with Gasteiger partial charge < -0.3 is 4.74 Å². The number of nitrogens with zero attached hydrogens (tertiary/aromatic N) is 1. The Labute approximate surface area is 122 Å². The third-order valence-corrected chi connectivity index (χ3v) is 3.35. The van der Waals surface area contributed by atoms with Crippen molar-refractivity contribution < 1.29 is 19.1 Å². The van der Waals surface area contributed by atoms with E-state index in [1.807, 2.05) is 0 Å². The van der Waals surface area contributed by atoms with E-state index in [9.17, 15) is 14.4 Å². The third-order valence-electron chi connectivity index (χ3n) is 3.35. The SMILES string of the molecule is CCOC(=O)C1=NNC(C(C)=O)(C(=O)c2ccccc2)C1. The van der Waals surface area contributed by atoms with Crippen LogP contribution in [0.2, 0.25) is 0 Å². The summed E-state index contributed by atoms with van der Waals surface area (Å²) in [5.74, 6) is -1.41. The molecule has 0 fully saturated rings. The summed E-state index contributed by atoms with van der Waals surface area (Å²) in [4.78, 5) is 36.3. The normalized spacial score (nSPS) is 20.4. The highest BCUT2D eigenvalue weighted by molar-refractivity contribution is 6.39. The van der Waals surface area contributed by atoms with Crippen LogP contribution < -0.4 is 5.43 Å². The minimum absolute atomic E-state index is 0.0522. The fourth-order valence-electron chi connectivity index (χ4n) is 2.16. The van der Waals surface area contributed by atoms with Crippen molar-refractivity contribution in [1.29, 1.82) is 0 Å². The average molecular weight is 288 g/mol. The van der Waals surface area contributed by atoms with E-state index in [-0.39, 0.29) is 24.5 Å². The Morgan fingerprint density at radius 1 is 1.29 bits per heavy atom. The van der Waals surface area contributed by atoms with Gasteiger partial charge in [-0.3, -0.25) is 15.0 Å². The minimum atomic E-state index is -1.52. The van der Waals surface area contributed by atoms with Gasteiger partial charge in [0.1, 0.15) is 5.71 Å². The van der Waals surface area contributed by atoms with E-state index in [1.165, 1.54) is 6.92 Å². The Bertz CT molecular complexity index is 609. The molecule has 1 heterocycles. The fourth-order valence-corrected chi connectivity index (χ4v) is 2.16. The molecule has 1 aliphatic heterocycles. The Kier molecular flexibility index (Phi) is 4.16. The first-order chi connectivity index (χ1) is 10.0. The van der Waals surface area contributed by atoms with E-state index >= 15 is 0 Å². The van der Waals surface area contributed by atoms with Crippen molar-refractivity contribution >= 4 is 23.2 Å². The monoisotopic (exact) mass is 288 g/mol. The highest BCUT2D eigenvalue weighted by atomic mass is 16.5. The molecule has 110 valence electrons. The van der Waals surface area contributed by atoms with Crippen molar-refractivity contribution in [2.24, 2.45) is 5.10 Å². The first kappa shape index (κ1) is 14.9. The van der Waals surface area contributed by atoms with E-state index in [1.54, 1.807) is 37.3 Å². The highest BCUT2D eigenvalue weighted by Gasteiger charge is 2.49. The Morgan fingerprint density at radius 3 is 2.52 bits per heavy atom. The molecule has 1 atom stereocenters. The zero-order chi connectivity index (χ0) is 15.5. The van der Waals surface area contributed by atoms with E-state index in [0.717, 1.165) is 0 Å². The van der Waals surface area contributed by atoms with Crippen LogP contribution in [0.3, 0.4) is 0 Å². The predicted octanol–water partition coefficient (Wildman–Crippen LogP) is 1.11. The van der Waals surface area contributed by atoms with Crippen LogP contribution in [0.1, 0.15) is 30.6 Å². The lowest BCUT2D eigenvalue weighted by atomic mass is 9.83. The summed E-state index contributed by atoms with van der Waals surface area (Å²) in [6.45, 7) is 3.18. The first-order valence-electron chi connectivity index (χ1n) is 6.63. The molecule has 1 aliphatic rings. The van der Waals surface area contributed by atoms with Crippen molar-refractivity contribution in [1.82, 2.24) is 5.43 Å². The number of carbonyl (C=O) groups is 3. The smallest absolute Gasteiger partial charge is 0.354 e. The quantitative estimate of drug-likeness (QED) is 0.498. The molecule has 0 radical (unpaired) electrons. The van der Waals surface area contributed by atoms with Crippen molar-refractivity contribution in [3.8, 4) is 0 Å². The molecule has 21 heavy (non-hydrogen) atoms. The molecular weight excluding hydrogens is 272 g/mol. The number of carbonyl (C=O) groups excluding carboxylic acids is 3. The molecule has 1 N–H and O–H groups in total. The van der Waals surface area contributed by atoms with Crippen LogP contribution in [0.4, 0.5) is 0 Å². The molecule has 0 aromatic heterocycles. The van der Waals surface area contributed by atoms with Gasteiger partial charge in [0.25, 0.3) is 0 Å². The Morgan fingerprint density at radius 2 is 1.95 bits per heavy atom. The van der Waals surface area contributed by atoms with Gasteiger partial charge in [0.05, 0.1) is 6.61 Å². The standard InChI is InChI=1S/C15H16N2O4/c1-3-21-14(20)12-9-15(10(2)18,17-16-12)13(19)11-7-5-4-6-8-11/h4-8,17H,3,9H2,1-2H3. The maximum atomic E-state index is 12.6. The van der Waals surface area contributed by atoms with Crippen LogP contribution >= 0.6 is 0 Å². The van der Waals surface area contributed by atoms with Crippen LogP contribution in [0.5, 0.6) is 0 Å². The highest BCUT2D eigenvalue weighted by Crippen LogP contribution is 2.24. The van der Waals surface area contributed by atoms with Gasteiger partial charge in [-0.05, 0) is 13.8 Å². The lowest BCUT2D eigenvalue weighted by Crippen LogP contribution is -2.53. The summed E-state index contributed by atoms with van der Waals surface area (Å²) in [6.07, 6.45) is -0.102. The maximum Gasteiger partial charge on any atom is 0.354 e. The summed E-state index contributed by atoms with van der Waals surface area (Å²) in [5, 5.41) is 3.83. The molecule has 0 saturated carbocycles. The van der Waals surface area contributed by atoms with Crippen LogP contribution in [-0.4, -0.2) is 35.4 Å². The van der Waals surface area contributed by atoms with Gasteiger partial charge in [0.15, 0.2) is 17.1 Å². The number of hydrazone groups is 1. The number of hydrogen-bond donors (Lipinski definition) is 1. The van der Waals surface area contributed by atoms with Gasteiger partial charge in [-0.25, -0.2) is 4.79 Å². The van der Waals surface area contributed by atoms with Crippen molar-refractivity contribution in [2.75, 3.05) is 6.61 Å². The summed E-state index contributed by atoms with van der Waals surface area (Å²) in [6, 6.07) is 8.44. The zero-order valence-corrected chi connectivity index (χ0v) is 11.9. The molecule has 0 aliphatic carbocycles. The van der Waals surface area contributed by atoms with E-state index in [4.69, 9.17) is 4.74 Å². The predicted molar refractivity (Wildman–Crippen MR) is 76.0 cm³/mol. The molecule has 0 spiro atoms. The number of Topliss-reactive ketones (excluding diaryl/α,β-unsaturated/α-hetero) is 2. The molecule has 1 aromatic carbocycles. The number of benzene rings is 1. The average Bonchev–Trinajstić information content (AvgIpc) is 2.94. The lowest BCUT2D eigenvalue weighted by Gasteiger charge is -2.24. The summed E-state index contributed by atoms with van der Waals surface area (Å²) in [5.41, 5.74) is 1.46. The van der Waals surface area contributed by atoms with E-state index < -0.39 is 17.3 Å². The van der Waals surface area contributed by atoms with Crippen molar-refractivity contribution in [3.05, 3.63) is 35.9 Å². The second-order valence-electron chi connectivity index (χ2n) is 4.72. The topological polar surface area (TPSA) is 84.8 Å². The van der Waals surface area contributed by atoms with Gasteiger partial charge in [-0.1, -0.05) is 30.3 Å². The molecular formula is C15H16N2O4. The summed E-state index contributed by atoms with van der Waals surface area (Å²) < 4.78 is 4.85. The van der Waals surface area contributed by atoms with Gasteiger partial charge >= 0.3 is 5.97 Å². The zero-order valence-electron chi connectivity index (χ0n) is 11.9. The van der Waals surface area contributed by atoms with Gasteiger partial charge in [-0.15, -0.1) is 0 Å². The molecule has 0 bridgehead atoms. The number of ketones is 2. The summed E-state index contributed by atoms with van der Waals surface area (Å²) >= 11 is 0. The van der Waals surface area contributed by atoms with Crippen LogP contribution in [0.25, 0.3) is 0 Å². The first-order valence-corrected chi connectivity index (χ1v) is 6.63. The van der Waals surface area contributed by atoms with E-state index in [0.29, 0.717) is 5.56 Å². The second-order valence-corrected chi connectivity index (χ2v) is 4.72. The van der Waals surface area contributed by atoms with Gasteiger partial charge in [0.2, 0.25) is 0 Å². The number of ether oxygens (including phenoxy) is 1. The van der Waals surface area contributed by atoms with Crippen LogP contribution in [-0.2, 0) is 14.3 Å². The number of hydrogen-bond acceptors (Lipinski definition) is 6. The lowest BCUT2D eigenvalue weighted by molar-refractivity contribution is -0.135. The van der Waals surface area contributed by atoms with Crippen molar-refractivity contribution in [2.45, 2.75) is 25.8 Å². The van der Waals surface area contributed by atoms with Gasteiger partial charge in [-0.2, -0.15) is 5.10 Å². The Balaban J connectivity index is 2.28. The van der Waals surface area contributed by atoms with Crippen LogP contribution in [0, 0.1) is 0 Å². The molecule has 1 unspecified atom stereocenters. The summed E-state index contributed by atoms with van der Waals surface area (Å²) in [7, 11) is 0. The molecule has 2 rings (SSSR count). The number of esters is 1. The van der Waals surface area contributed by atoms with E-state index in [2.05, 4.69) is 10.5 Å². The minimum Gasteiger partial charge on any atom is -0.461 e. The fraction of sp³-hybridized carbons (Fsp3) is 0.333. The maximum absolute atomic E-state index is 12.6. The van der Waals surface area contributed by atoms with Crippen molar-refractivity contribution in [3.63, 3.8) is 0 Å². The third kappa shape index (κ3) is 2.69. The molecule has 6 nitrogen and oxygen atoms in total. The van der Waals surface area contributed by atoms with Gasteiger partial charge in [0, 0.05) is 12.0 Å². The largest absolute Gasteiger partial charge is 0.461 e. The Hall–Kier alpha value is -2.50. The molecule has 6 heteroatoms. The van der Waals surface area contributed by atoms with Crippen LogP contribution in [0.15, 0.2) is 35.4 Å². The molecule has 0 amide bonds.